The highest BCUT2D eigenvalue weighted by Gasteiger charge is 2.29. The van der Waals surface area contributed by atoms with Crippen molar-refractivity contribution >= 4 is 23.1 Å². The van der Waals surface area contributed by atoms with Crippen LogP contribution in [0.4, 0.5) is 27.5 Å². The summed E-state index contributed by atoms with van der Waals surface area (Å²) in [5.74, 6) is 1.04. The summed E-state index contributed by atoms with van der Waals surface area (Å²) < 4.78 is 19.7. The van der Waals surface area contributed by atoms with Crippen LogP contribution >= 0.6 is 0 Å². The van der Waals surface area contributed by atoms with E-state index in [0.29, 0.717) is 24.7 Å². The average molecular weight is 392 g/mol. The monoisotopic (exact) mass is 392 g/mol. The Morgan fingerprint density at radius 3 is 2.69 bits per heavy atom. The largest absolute Gasteiger partial charge is 0.396 e. The summed E-state index contributed by atoms with van der Waals surface area (Å²) in [5.41, 5.74) is 9.26. The van der Waals surface area contributed by atoms with E-state index in [4.69, 9.17) is 20.4 Å². The molecule has 0 bridgehead atoms. The Hall–Kier alpha value is -3.26. The number of nitrogens with two attached hydrogens (primary N) is 1. The molecule has 2 aliphatic rings. The third-order valence-corrected chi connectivity index (χ3v) is 5.34. The van der Waals surface area contributed by atoms with Gasteiger partial charge in [-0.1, -0.05) is 6.07 Å². The van der Waals surface area contributed by atoms with E-state index in [1.54, 1.807) is 12.3 Å². The SMILES string of the molecule is Nc1ccc(-c2nc(N3CCOCC3)nc3c2CCN3c2cccnc2)cc1F. The van der Waals surface area contributed by atoms with Crippen LogP contribution < -0.4 is 15.5 Å². The first kappa shape index (κ1) is 17.8. The molecule has 8 heteroatoms. The maximum atomic E-state index is 14.2. The highest BCUT2D eigenvalue weighted by atomic mass is 19.1. The molecule has 29 heavy (non-hydrogen) atoms. The molecule has 148 valence electrons. The normalized spacial score (nSPS) is 16.2. The number of nitrogen functional groups attached to an aromatic ring is 1. The van der Waals surface area contributed by atoms with Crippen molar-refractivity contribution in [3.8, 4) is 11.3 Å². The molecule has 0 saturated carbocycles. The smallest absolute Gasteiger partial charge is 0.228 e. The van der Waals surface area contributed by atoms with Crippen LogP contribution in [0.1, 0.15) is 5.56 Å². The Bertz CT molecular complexity index is 1040. The summed E-state index contributed by atoms with van der Waals surface area (Å²) in [4.78, 5) is 18.2. The number of nitrogens with zero attached hydrogens (tertiary/aromatic N) is 5. The van der Waals surface area contributed by atoms with Crippen LogP contribution in [0.3, 0.4) is 0 Å². The number of rotatable bonds is 3. The lowest BCUT2D eigenvalue weighted by atomic mass is 10.0. The number of halogens is 1. The van der Waals surface area contributed by atoms with E-state index in [1.165, 1.54) is 6.07 Å². The second kappa shape index (κ2) is 7.29. The van der Waals surface area contributed by atoms with Gasteiger partial charge in [-0.05, 0) is 30.7 Å². The van der Waals surface area contributed by atoms with E-state index < -0.39 is 5.82 Å². The first-order valence-corrected chi connectivity index (χ1v) is 9.67. The van der Waals surface area contributed by atoms with E-state index >= 15 is 0 Å². The number of aromatic nitrogens is 3. The number of benzene rings is 1. The lowest BCUT2D eigenvalue weighted by Crippen LogP contribution is -2.37. The fraction of sp³-hybridized carbons (Fsp3) is 0.286. The molecule has 2 aromatic heterocycles. The van der Waals surface area contributed by atoms with E-state index in [0.717, 1.165) is 48.8 Å². The molecule has 0 amide bonds. The number of ether oxygens (including phenoxy) is 1. The zero-order valence-electron chi connectivity index (χ0n) is 15.9. The van der Waals surface area contributed by atoms with Crippen LogP contribution in [-0.2, 0) is 11.2 Å². The molecule has 1 saturated heterocycles. The highest BCUT2D eigenvalue weighted by Crippen LogP contribution is 2.39. The van der Waals surface area contributed by atoms with E-state index in [1.807, 2.05) is 24.4 Å². The van der Waals surface area contributed by atoms with Crippen molar-refractivity contribution in [2.75, 3.05) is 48.4 Å². The first-order chi connectivity index (χ1) is 14.2. The van der Waals surface area contributed by atoms with Crippen molar-refractivity contribution in [1.29, 1.82) is 0 Å². The van der Waals surface area contributed by atoms with Gasteiger partial charge in [0.1, 0.15) is 11.6 Å². The molecule has 0 unspecified atom stereocenters. The molecule has 1 fully saturated rings. The van der Waals surface area contributed by atoms with Gasteiger partial charge < -0.3 is 20.3 Å². The number of hydrogen-bond donors (Lipinski definition) is 1. The second-order valence-corrected chi connectivity index (χ2v) is 7.12. The lowest BCUT2D eigenvalue weighted by Gasteiger charge is -2.28. The van der Waals surface area contributed by atoms with Crippen LogP contribution in [0, 0.1) is 5.82 Å². The molecular formula is C21H21FN6O. The summed E-state index contributed by atoms with van der Waals surface area (Å²) in [5, 5.41) is 0. The number of pyridine rings is 1. The standard InChI is InChI=1S/C21H21FN6O/c22-17-12-14(3-4-18(17)23)19-16-5-7-28(15-2-1-6-24-13-15)20(16)26-21(25-19)27-8-10-29-11-9-27/h1-4,6,12-13H,5,7-11,23H2. The third kappa shape index (κ3) is 3.25. The molecule has 4 heterocycles. The molecule has 0 atom stereocenters. The molecule has 0 spiro atoms. The summed E-state index contributed by atoms with van der Waals surface area (Å²) in [6.07, 6.45) is 4.35. The topological polar surface area (TPSA) is 80.4 Å². The molecule has 3 aromatic rings. The van der Waals surface area contributed by atoms with Crippen LogP contribution in [0.5, 0.6) is 0 Å². The van der Waals surface area contributed by atoms with Gasteiger partial charge in [-0.25, -0.2) is 9.37 Å². The third-order valence-electron chi connectivity index (χ3n) is 5.34. The fourth-order valence-corrected chi connectivity index (χ4v) is 3.83. The molecule has 1 aromatic carbocycles. The van der Waals surface area contributed by atoms with Gasteiger partial charge in [-0.2, -0.15) is 4.98 Å². The van der Waals surface area contributed by atoms with Gasteiger partial charge in [0, 0.05) is 37.0 Å². The zero-order valence-corrected chi connectivity index (χ0v) is 15.9. The molecule has 2 aliphatic heterocycles. The van der Waals surface area contributed by atoms with Crippen molar-refractivity contribution in [2.24, 2.45) is 0 Å². The summed E-state index contributed by atoms with van der Waals surface area (Å²) >= 11 is 0. The Morgan fingerprint density at radius 1 is 1.07 bits per heavy atom. The Balaban J connectivity index is 1.66. The van der Waals surface area contributed by atoms with Crippen molar-refractivity contribution in [2.45, 2.75) is 6.42 Å². The minimum atomic E-state index is -0.440. The van der Waals surface area contributed by atoms with Gasteiger partial charge in [-0.15, -0.1) is 0 Å². The minimum Gasteiger partial charge on any atom is -0.396 e. The van der Waals surface area contributed by atoms with Crippen molar-refractivity contribution in [3.63, 3.8) is 0 Å². The van der Waals surface area contributed by atoms with Gasteiger partial charge in [0.2, 0.25) is 5.95 Å². The van der Waals surface area contributed by atoms with Gasteiger partial charge in [0.25, 0.3) is 0 Å². The summed E-state index contributed by atoms with van der Waals surface area (Å²) in [6.45, 7) is 3.49. The van der Waals surface area contributed by atoms with Gasteiger partial charge in [0.05, 0.1) is 36.5 Å². The molecule has 0 radical (unpaired) electrons. The number of fused-ring (bicyclic) bond motifs is 1. The Labute approximate surface area is 168 Å². The maximum absolute atomic E-state index is 14.2. The van der Waals surface area contributed by atoms with E-state index in [9.17, 15) is 4.39 Å². The Kier molecular flexibility index (Phi) is 4.48. The van der Waals surface area contributed by atoms with E-state index in [2.05, 4.69) is 14.8 Å². The number of anilines is 4. The minimum absolute atomic E-state index is 0.129. The molecule has 0 aliphatic carbocycles. The van der Waals surface area contributed by atoms with Crippen LogP contribution in [0.2, 0.25) is 0 Å². The van der Waals surface area contributed by atoms with Crippen molar-refractivity contribution < 1.29 is 9.13 Å². The average Bonchev–Trinajstić information content (AvgIpc) is 3.20. The first-order valence-electron chi connectivity index (χ1n) is 9.67. The molecule has 7 nitrogen and oxygen atoms in total. The molecule has 2 N–H and O–H groups in total. The predicted octanol–water partition coefficient (Wildman–Crippen LogP) is 2.79. The Morgan fingerprint density at radius 2 is 1.93 bits per heavy atom. The van der Waals surface area contributed by atoms with Gasteiger partial charge in [0.15, 0.2) is 0 Å². The number of morpholine rings is 1. The van der Waals surface area contributed by atoms with E-state index in [-0.39, 0.29) is 5.69 Å². The number of hydrogen-bond acceptors (Lipinski definition) is 7. The van der Waals surface area contributed by atoms with Crippen LogP contribution in [0.25, 0.3) is 11.3 Å². The maximum Gasteiger partial charge on any atom is 0.228 e. The van der Waals surface area contributed by atoms with Crippen LogP contribution in [0.15, 0.2) is 42.7 Å². The van der Waals surface area contributed by atoms with Gasteiger partial charge >= 0.3 is 0 Å². The lowest BCUT2D eigenvalue weighted by molar-refractivity contribution is 0.122. The quantitative estimate of drug-likeness (QED) is 0.687. The summed E-state index contributed by atoms with van der Waals surface area (Å²) in [7, 11) is 0. The molecule has 5 rings (SSSR count). The van der Waals surface area contributed by atoms with Crippen LogP contribution in [-0.4, -0.2) is 47.8 Å². The van der Waals surface area contributed by atoms with Crippen molar-refractivity contribution in [1.82, 2.24) is 15.0 Å². The highest BCUT2D eigenvalue weighted by molar-refractivity contribution is 5.77. The predicted molar refractivity (Wildman–Crippen MR) is 110 cm³/mol. The summed E-state index contributed by atoms with van der Waals surface area (Å²) in [6, 6.07) is 8.78. The van der Waals surface area contributed by atoms with Gasteiger partial charge in [-0.3, -0.25) is 4.98 Å². The second-order valence-electron chi connectivity index (χ2n) is 7.12. The molecular weight excluding hydrogens is 371 g/mol. The fourth-order valence-electron chi connectivity index (χ4n) is 3.83. The van der Waals surface area contributed by atoms with Crippen molar-refractivity contribution in [3.05, 3.63) is 54.1 Å². The zero-order chi connectivity index (χ0) is 19.8.